The molecule has 0 fully saturated rings. The van der Waals surface area contributed by atoms with Crippen molar-refractivity contribution < 1.29 is 4.74 Å². The lowest BCUT2D eigenvalue weighted by atomic mass is 10.1. The first-order valence-corrected chi connectivity index (χ1v) is 11.9. The summed E-state index contributed by atoms with van der Waals surface area (Å²) < 4.78 is 6.14. The van der Waals surface area contributed by atoms with E-state index in [0.29, 0.717) is 12.5 Å². The number of aryl methyl sites for hydroxylation is 2. The molecular formula is C24H26NOPS. The quantitative estimate of drug-likeness (QED) is 0.550. The van der Waals surface area contributed by atoms with Crippen LogP contribution in [-0.2, 0) is 4.74 Å². The van der Waals surface area contributed by atoms with E-state index in [-0.39, 0.29) is 6.04 Å². The van der Waals surface area contributed by atoms with Gasteiger partial charge in [-0.05, 0) is 38.3 Å². The largest absolute Gasteiger partial charge is 0.475 e. The Balaban J connectivity index is 1.90. The second-order valence-corrected chi connectivity index (χ2v) is 11.1. The maximum atomic E-state index is 6.14. The van der Waals surface area contributed by atoms with Crippen LogP contribution in [0.4, 0.5) is 0 Å². The predicted octanol–water partition coefficient (Wildman–Crippen LogP) is 4.92. The second-order valence-electron chi connectivity index (χ2n) is 7.50. The number of thiophene rings is 1. The van der Waals surface area contributed by atoms with Gasteiger partial charge in [-0.2, -0.15) is 0 Å². The highest BCUT2D eigenvalue weighted by Crippen LogP contribution is 2.40. The zero-order chi connectivity index (χ0) is 19.7. The number of rotatable bonds is 5. The molecule has 1 atom stereocenters. The van der Waals surface area contributed by atoms with Crippen LogP contribution in [0, 0.1) is 19.8 Å². The second kappa shape index (κ2) is 8.19. The lowest BCUT2D eigenvalue weighted by Crippen LogP contribution is -2.25. The summed E-state index contributed by atoms with van der Waals surface area (Å²) in [5, 5.41) is 4.13. The fraction of sp³-hybridized carbons (Fsp3) is 0.292. The first-order valence-electron chi connectivity index (χ1n) is 9.77. The molecule has 0 bridgehead atoms. The van der Waals surface area contributed by atoms with Crippen LogP contribution in [0.25, 0.3) is 0 Å². The summed E-state index contributed by atoms with van der Waals surface area (Å²) in [5.41, 5.74) is 1.23. The zero-order valence-electron chi connectivity index (χ0n) is 16.8. The van der Waals surface area contributed by atoms with Crippen LogP contribution in [0.15, 0.2) is 65.7 Å². The van der Waals surface area contributed by atoms with Crippen molar-refractivity contribution in [2.75, 3.05) is 6.61 Å². The number of benzene rings is 2. The molecule has 0 amide bonds. The minimum Gasteiger partial charge on any atom is -0.475 e. The van der Waals surface area contributed by atoms with Crippen LogP contribution in [-0.4, -0.2) is 18.5 Å². The molecule has 2 aromatic carbocycles. The fourth-order valence-corrected chi connectivity index (χ4v) is 7.61. The van der Waals surface area contributed by atoms with E-state index in [0.717, 1.165) is 5.90 Å². The van der Waals surface area contributed by atoms with Crippen molar-refractivity contribution in [3.8, 4) is 0 Å². The molecule has 0 spiro atoms. The lowest BCUT2D eigenvalue weighted by molar-refractivity contribution is 0.292. The van der Waals surface area contributed by atoms with Crippen LogP contribution in [0.1, 0.15) is 29.2 Å². The summed E-state index contributed by atoms with van der Waals surface area (Å²) in [4.78, 5) is 7.64. The Morgan fingerprint density at radius 2 is 1.50 bits per heavy atom. The van der Waals surface area contributed by atoms with E-state index >= 15 is 0 Å². The Bertz CT molecular complexity index is 939. The standard InChI is InChI=1S/C24H26NOPS/c1-16(2)21-15-26-24(25-21)22-17(3)28-18(4)23(22)27(19-11-7-5-8-12-19)20-13-9-6-10-14-20/h5-14,16,21H,15H2,1-4H3. The molecule has 1 aliphatic rings. The molecule has 4 heteroatoms. The van der Waals surface area contributed by atoms with Crippen LogP contribution in [0.2, 0.25) is 0 Å². The van der Waals surface area contributed by atoms with Crippen molar-refractivity contribution in [2.45, 2.75) is 33.7 Å². The normalized spacial score (nSPS) is 16.5. The highest BCUT2D eigenvalue weighted by molar-refractivity contribution is 7.80. The highest BCUT2D eigenvalue weighted by Gasteiger charge is 2.31. The van der Waals surface area contributed by atoms with Crippen molar-refractivity contribution in [3.05, 3.63) is 76.0 Å². The topological polar surface area (TPSA) is 21.6 Å². The molecular weight excluding hydrogens is 381 g/mol. The minimum atomic E-state index is -0.663. The molecule has 1 unspecified atom stereocenters. The van der Waals surface area contributed by atoms with Crippen molar-refractivity contribution in [2.24, 2.45) is 10.9 Å². The minimum absolute atomic E-state index is 0.252. The Labute approximate surface area is 173 Å². The average molecular weight is 408 g/mol. The monoisotopic (exact) mass is 407 g/mol. The van der Waals surface area contributed by atoms with Gasteiger partial charge in [-0.3, -0.25) is 0 Å². The summed E-state index contributed by atoms with van der Waals surface area (Å²) in [6.07, 6.45) is 0. The lowest BCUT2D eigenvalue weighted by Gasteiger charge is -2.21. The van der Waals surface area contributed by atoms with E-state index in [1.54, 1.807) is 0 Å². The van der Waals surface area contributed by atoms with Gasteiger partial charge in [0, 0.05) is 15.1 Å². The Hall–Kier alpha value is -1.96. The van der Waals surface area contributed by atoms with E-state index in [1.165, 1.54) is 31.2 Å². The van der Waals surface area contributed by atoms with Gasteiger partial charge in [0.15, 0.2) is 0 Å². The molecule has 0 N–H and O–H groups in total. The summed E-state index contributed by atoms with van der Waals surface area (Å²) in [5.74, 6) is 1.33. The van der Waals surface area contributed by atoms with Gasteiger partial charge in [-0.25, -0.2) is 4.99 Å². The van der Waals surface area contributed by atoms with Crippen LogP contribution in [0.5, 0.6) is 0 Å². The molecule has 0 aliphatic carbocycles. The Kier molecular flexibility index (Phi) is 5.66. The van der Waals surface area contributed by atoms with Crippen molar-refractivity contribution >= 4 is 41.1 Å². The predicted molar refractivity (Wildman–Crippen MR) is 124 cm³/mol. The average Bonchev–Trinajstić information content (AvgIpc) is 3.29. The SMILES string of the molecule is Cc1sc(C)c(P(c2ccccc2)c2ccccc2)c1C1=NC(C(C)C)CO1. The van der Waals surface area contributed by atoms with Crippen molar-refractivity contribution in [1.82, 2.24) is 0 Å². The maximum Gasteiger partial charge on any atom is 0.218 e. The third kappa shape index (κ3) is 3.66. The van der Waals surface area contributed by atoms with Crippen LogP contribution >= 0.6 is 19.3 Å². The van der Waals surface area contributed by atoms with E-state index in [4.69, 9.17) is 9.73 Å². The van der Waals surface area contributed by atoms with Crippen molar-refractivity contribution in [3.63, 3.8) is 0 Å². The zero-order valence-corrected chi connectivity index (χ0v) is 18.6. The molecule has 1 aromatic heterocycles. The number of aliphatic imine (C=N–C) groups is 1. The summed E-state index contributed by atoms with van der Waals surface area (Å²) in [7, 11) is -0.663. The third-order valence-electron chi connectivity index (χ3n) is 5.14. The molecule has 144 valence electrons. The molecule has 2 heterocycles. The van der Waals surface area contributed by atoms with Gasteiger partial charge in [0.1, 0.15) is 6.61 Å². The van der Waals surface area contributed by atoms with E-state index in [9.17, 15) is 0 Å². The van der Waals surface area contributed by atoms with Crippen LogP contribution < -0.4 is 15.9 Å². The number of hydrogen-bond acceptors (Lipinski definition) is 3. The van der Waals surface area contributed by atoms with Gasteiger partial charge in [0.2, 0.25) is 5.90 Å². The summed E-state index contributed by atoms with van der Waals surface area (Å²) >= 11 is 1.87. The molecule has 2 nitrogen and oxygen atoms in total. The van der Waals surface area contributed by atoms with E-state index in [2.05, 4.69) is 88.4 Å². The van der Waals surface area contributed by atoms with Crippen molar-refractivity contribution in [1.29, 1.82) is 0 Å². The van der Waals surface area contributed by atoms with Gasteiger partial charge in [0.25, 0.3) is 0 Å². The van der Waals surface area contributed by atoms with Gasteiger partial charge >= 0.3 is 0 Å². The summed E-state index contributed by atoms with van der Waals surface area (Å²) in [6.45, 7) is 9.57. The fourth-order valence-electron chi connectivity index (χ4n) is 3.62. The third-order valence-corrected chi connectivity index (χ3v) is 8.95. The van der Waals surface area contributed by atoms with Gasteiger partial charge in [0.05, 0.1) is 11.6 Å². The summed E-state index contributed by atoms with van der Waals surface area (Å²) in [6, 6.07) is 22.0. The first-order chi connectivity index (χ1) is 13.6. The molecule has 1 aliphatic heterocycles. The van der Waals surface area contributed by atoms with E-state index < -0.39 is 7.92 Å². The smallest absolute Gasteiger partial charge is 0.218 e. The maximum absolute atomic E-state index is 6.14. The molecule has 3 aromatic rings. The molecule has 0 saturated carbocycles. The van der Waals surface area contributed by atoms with Crippen LogP contribution in [0.3, 0.4) is 0 Å². The Morgan fingerprint density at radius 1 is 0.929 bits per heavy atom. The van der Waals surface area contributed by atoms with Gasteiger partial charge < -0.3 is 4.74 Å². The Morgan fingerprint density at radius 3 is 2.00 bits per heavy atom. The molecule has 0 radical (unpaired) electrons. The first kappa shape index (κ1) is 19.4. The van der Waals surface area contributed by atoms with E-state index in [1.807, 2.05) is 11.3 Å². The molecule has 28 heavy (non-hydrogen) atoms. The number of ether oxygens (including phenoxy) is 1. The molecule has 4 rings (SSSR count). The number of hydrogen-bond donors (Lipinski definition) is 0. The highest BCUT2D eigenvalue weighted by atomic mass is 32.1. The molecule has 0 saturated heterocycles. The van der Waals surface area contributed by atoms with Gasteiger partial charge in [-0.15, -0.1) is 11.3 Å². The number of nitrogens with zero attached hydrogens (tertiary/aromatic N) is 1. The van der Waals surface area contributed by atoms with Gasteiger partial charge in [-0.1, -0.05) is 74.5 Å².